The van der Waals surface area contributed by atoms with Gasteiger partial charge in [-0.1, -0.05) is 19.6 Å². The minimum Gasteiger partial charge on any atom is -0.496 e. The number of nitrogens with zero attached hydrogens (tertiary/aromatic N) is 3. The quantitative estimate of drug-likeness (QED) is 0.496. The summed E-state index contributed by atoms with van der Waals surface area (Å²) in [5.41, 5.74) is 5.28. The lowest BCUT2D eigenvalue weighted by molar-refractivity contribution is -0.125. The Balaban J connectivity index is 0.00000167. The summed E-state index contributed by atoms with van der Waals surface area (Å²) in [6.07, 6.45) is 4.90. The van der Waals surface area contributed by atoms with Gasteiger partial charge < -0.3 is 24.8 Å². The lowest BCUT2D eigenvalue weighted by Gasteiger charge is -2.19. The highest BCUT2D eigenvalue weighted by Crippen LogP contribution is 2.40. The maximum Gasteiger partial charge on any atom is 0.246 e. The Labute approximate surface area is 206 Å². The molecule has 2 aromatic carbocycles. The van der Waals surface area contributed by atoms with Crippen molar-refractivity contribution in [3.8, 4) is 22.6 Å². The first-order valence-corrected chi connectivity index (χ1v) is 11.6. The highest BCUT2D eigenvalue weighted by molar-refractivity contribution is 5.88. The fourth-order valence-electron chi connectivity index (χ4n) is 4.57. The summed E-state index contributed by atoms with van der Waals surface area (Å²) in [6.45, 7) is 9.10. The summed E-state index contributed by atoms with van der Waals surface area (Å²) in [5.74, 6) is 2.16. The average molecular weight is 479 g/mol. The van der Waals surface area contributed by atoms with Gasteiger partial charge in [-0.05, 0) is 54.7 Å². The van der Waals surface area contributed by atoms with Crippen LogP contribution in [-0.2, 0) is 11.2 Å². The molecule has 1 fully saturated rings. The molecule has 0 saturated carbocycles. The van der Waals surface area contributed by atoms with E-state index in [4.69, 9.17) is 19.6 Å². The first-order valence-electron chi connectivity index (χ1n) is 11.6. The van der Waals surface area contributed by atoms with Crippen LogP contribution < -0.4 is 14.8 Å². The molecule has 1 aliphatic heterocycles. The van der Waals surface area contributed by atoms with Crippen LogP contribution in [0, 0.1) is 6.92 Å². The van der Waals surface area contributed by atoms with Gasteiger partial charge in [0.2, 0.25) is 11.9 Å². The smallest absolute Gasteiger partial charge is 0.246 e. The van der Waals surface area contributed by atoms with Crippen molar-refractivity contribution in [2.75, 3.05) is 39.7 Å². The Kier molecular flexibility index (Phi) is 8.65. The summed E-state index contributed by atoms with van der Waals surface area (Å²) in [5, 5.41) is 11.3. The van der Waals surface area contributed by atoms with E-state index in [-0.39, 0.29) is 11.9 Å². The zero-order valence-electron chi connectivity index (χ0n) is 21.1. The first-order chi connectivity index (χ1) is 17.0. The number of ether oxygens (including phenoxy) is 2. The van der Waals surface area contributed by atoms with Crippen LogP contribution in [0.15, 0.2) is 43.1 Å². The molecule has 1 atom stereocenters. The van der Waals surface area contributed by atoms with Crippen molar-refractivity contribution in [2.45, 2.75) is 32.7 Å². The fourth-order valence-corrected chi connectivity index (χ4v) is 4.57. The number of methoxy groups -OCH3 is 2. The molecule has 35 heavy (non-hydrogen) atoms. The third-order valence-electron chi connectivity index (χ3n) is 6.28. The molecule has 0 aliphatic carbocycles. The fraction of sp³-hybridized carbons (Fsp3) is 0.370. The Hall–Kier alpha value is -3.65. The van der Waals surface area contributed by atoms with Crippen molar-refractivity contribution >= 4 is 22.8 Å². The number of carbonyl (C=O) groups is 1. The van der Waals surface area contributed by atoms with E-state index < -0.39 is 0 Å². The molecule has 0 radical (unpaired) electrons. The maximum atomic E-state index is 11.8. The SMILES string of the molecule is C=CC(=O)N1CCC(Nc2ncc3cc(-c4c(C)c(OC)cc(OC)c4CC)ccc3n2)C1.CO. The standard InChI is InChI=1S/C26H30N4O3.CH4O/c1-6-20-23(33-5)13-22(32-4)16(3)25(20)17-8-9-21-18(12-17)14-27-26(29-21)28-19-10-11-30(15-19)24(31)7-2;1-2/h7-9,12-14,19H,2,6,10-11,15H2,1,3-5H3,(H,27,28,29);2H,1H3. The van der Waals surface area contributed by atoms with Crippen LogP contribution in [0.5, 0.6) is 11.5 Å². The van der Waals surface area contributed by atoms with Crippen LogP contribution in [0.2, 0.25) is 0 Å². The van der Waals surface area contributed by atoms with E-state index >= 15 is 0 Å². The molecule has 0 bridgehead atoms. The normalized spacial score (nSPS) is 14.8. The molecule has 4 rings (SSSR count). The number of fused-ring (bicyclic) bond motifs is 1. The van der Waals surface area contributed by atoms with Gasteiger partial charge in [-0.15, -0.1) is 0 Å². The van der Waals surface area contributed by atoms with Gasteiger partial charge in [-0.2, -0.15) is 0 Å². The van der Waals surface area contributed by atoms with Crippen molar-refractivity contribution < 1.29 is 19.4 Å². The summed E-state index contributed by atoms with van der Waals surface area (Å²) >= 11 is 0. The maximum absolute atomic E-state index is 11.8. The van der Waals surface area contributed by atoms with Crippen molar-refractivity contribution in [3.05, 3.63) is 54.2 Å². The zero-order chi connectivity index (χ0) is 25.5. The molecule has 1 unspecified atom stereocenters. The van der Waals surface area contributed by atoms with Gasteiger partial charge in [0, 0.05) is 49.5 Å². The molecule has 186 valence electrons. The van der Waals surface area contributed by atoms with Crippen LogP contribution in [0.1, 0.15) is 24.5 Å². The molecule has 3 aromatic rings. The zero-order valence-corrected chi connectivity index (χ0v) is 21.1. The van der Waals surface area contributed by atoms with Crippen molar-refractivity contribution in [2.24, 2.45) is 0 Å². The molecule has 1 amide bonds. The Morgan fingerprint density at radius 2 is 2.00 bits per heavy atom. The van der Waals surface area contributed by atoms with E-state index in [9.17, 15) is 4.79 Å². The lowest BCUT2D eigenvalue weighted by atomic mass is 9.91. The monoisotopic (exact) mass is 478 g/mol. The van der Waals surface area contributed by atoms with Crippen LogP contribution in [0.4, 0.5) is 5.95 Å². The van der Waals surface area contributed by atoms with E-state index in [0.717, 1.165) is 64.6 Å². The van der Waals surface area contributed by atoms with Gasteiger partial charge in [-0.25, -0.2) is 9.97 Å². The van der Waals surface area contributed by atoms with E-state index in [1.165, 1.54) is 6.08 Å². The van der Waals surface area contributed by atoms with E-state index in [0.29, 0.717) is 19.0 Å². The molecule has 0 spiro atoms. The lowest BCUT2D eigenvalue weighted by Crippen LogP contribution is -2.30. The second-order valence-electron chi connectivity index (χ2n) is 8.20. The van der Waals surface area contributed by atoms with Crippen molar-refractivity contribution in [1.82, 2.24) is 14.9 Å². The highest BCUT2D eigenvalue weighted by atomic mass is 16.5. The number of aliphatic hydroxyl groups excluding tert-OH is 1. The predicted octanol–water partition coefficient (Wildman–Crippen LogP) is 3.99. The molecule has 1 saturated heterocycles. The number of likely N-dealkylation sites (tertiary alicyclic amines) is 1. The highest BCUT2D eigenvalue weighted by Gasteiger charge is 2.25. The van der Waals surface area contributed by atoms with Gasteiger partial charge in [0.1, 0.15) is 11.5 Å². The van der Waals surface area contributed by atoms with Gasteiger partial charge in [-0.3, -0.25) is 4.79 Å². The molecular formula is C27H34N4O4. The van der Waals surface area contributed by atoms with Crippen LogP contribution >= 0.6 is 0 Å². The number of aliphatic hydroxyl groups is 1. The second-order valence-corrected chi connectivity index (χ2v) is 8.20. The minimum atomic E-state index is -0.0397. The van der Waals surface area contributed by atoms with E-state index in [1.54, 1.807) is 19.1 Å². The molecule has 1 aliphatic rings. The van der Waals surface area contributed by atoms with Crippen LogP contribution in [0.25, 0.3) is 22.0 Å². The molecule has 8 nitrogen and oxygen atoms in total. The van der Waals surface area contributed by atoms with Gasteiger partial charge >= 0.3 is 0 Å². The number of aromatic nitrogens is 2. The summed E-state index contributed by atoms with van der Waals surface area (Å²) < 4.78 is 11.3. The summed E-state index contributed by atoms with van der Waals surface area (Å²) in [6, 6.07) is 8.29. The van der Waals surface area contributed by atoms with Gasteiger partial charge in [0.25, 0.3) is 0 Å². The van der Waals surface area contributed by atoms with Crippen LogP contribution in [0.3, 0.4) is 0 Å². The molecule has 2 N–H and O–H groups in total. The minimum absolute atomic E-state index is 0.0397. The van der Waals surface area contributed by atoms with Crippen molar-refractivity contribution in [3.63, 3.8) is 0 Å². The third kappa shape index (κ3) is 5.38. The first kappa shape index (κ1) is 26.0. The van der Waals surface area contributed by atoms with E-state index in [1.807, 2.05) is 18.3 Å². The van der Waals surface area contributed by atoms with Gasteiger partial charge in [0.05, 0.1) is 19.7 Å². The predicted molar refractivity (Wildman–Crippen MR) is 139 cm³/mol. The van der Waals surface area contributed by atoms with E-state index in [2.05, 4.69) is 42.9 Å². The number of benzene rings is 2. The number of rotatable bonds is 7. The third-order valence-corrected chi connectivity index (χ3v) is 6.28. The number of amides is 1. The molecule has 8 heteroatoms. The van der Waals surface area contributed by atoms with Gasteiger partial charge in [0.15, 0.2) is 0 Å². The largest absolute Gasteiger partial charge is 0.496 e. The topological polar surface area (TPSA) is 96.8 Å². The average Bonchev–Trinajstić information content (AvgIpc) is 3.37. The number of hydrogen-bond acceptors (Lipinski definition) is 7. The Morgan fingerprint density at radius 1 is 1.26 bits per heavy atom. The summed E-state index contributed by atoms with van der Waals surface area (Å²) in [4.78, 5) is 22.8. The number of carbonyl (C=O) groups excluding carboxylic acids is 1. The van der Waals surface area contributed by atoms with Crippen LogP contribution in [-0.4, -0.2) is 66.3 Å². The summed E-state index contributed by atoms with van der Waals surface area (Å²) in [7, 11) is 4.36. The molecular weight excluding hydrogens is 444 g/mol. The number of hydrogen-bond donors (Lipinski definition) is 2. The van der Waals surface area contributed by atoms with Crippen molar-refractivity contribution in [1.29, 1.82) is 0 Å². The molecule has 2 heterocycles. The second kappa shape index (κ2) is 11.7. The Morgan fingerprint density at radius 3 is 2.66 bits per heavy atom. The Bertz CT molecular complexity index is 1210. The molecule has 1 aromatic heterocycles. The number of anilines is 1. The number of nitrogens with one attached hydrogen (secondary N) is 1.